The predicted octanol–water partition coefficient (Wildman–Crippen LogP) is 3.02. The van der Waals surface area contributed by atoms with Crippen molar-refractivity contribution in [1.29, 1.82) is 0 Å². The third kappa shape index (κ3) is 3.78. The van der Waals surface area contributed by atoms with E-state index in [1.54, 1.807) is 6.92 Å². The van der Waals surface area contributed by atoms with Gasteiger partial charge in [0, 0.05) is 0 Å². The quantitative estimate of drug-likeness (QED) is 0.652. The van der Waals surface area contributed by atoms with E-state index in [2.05, 4.69) is 10.3 Å². The van der Waals surface area contributed by atoms with E-state index >= 15 is 0 Å². The van der Waals surface area contributed by atoms with Crippen LogP contribution in [-0.2, 0) is 11.3 Å². The number of ether oxygens (including phenoxy) is 2. The molecule has 3 aromatic rings. The first-order valence-electron chi connectivity index (χ1n) is 7.63. The first-order chi connectivity index (χ1) is 11.8. The summed E-state index contributed by atoms with van der Waals surface area (Å²) in [5, 5.41) is 7.75. The Morgan fingerprint density at radius 2 is 1.83 bits per heavy atom. The van der Waals surface area contributed by atoms with E-state index in [0.29, 0.717) is 13.2 Å². The molecule has 0 unspecified atom stereocenters. The Balaban J connectivity index is 1.65. The van der Waals surface area contributed by atoms with Crippen molar-refractivity contribution in [3.8, 4) is 11.4 Å². The summed E-state index contributed by atoms with van der Waals surface area (Å²) >= 11 is 0. The zero-order chi connectivity index (χ0) is 16.8. The number of hydrogen-bond acceptors (Lipinski definition) is 5. The molecule has 0 saturated heterocycles. The molecule has 0 aliphatic carbocycles. The highest BCUT2D eigenvalue weighted by molar-refractivity contribution is 5.86. The van der Waals surface area contributed by atoms with Gasteiger partial charge in [-0.25, -0.2) is 9.48 Å². The predicted molar refractivity (Wildman–Crippen MR) is 88.1 cm³/mol. The van der Waals surface area contributed by atoms with Gasteiger partial charge in [-0.3, -0.25) is 0 Å². The van der Waals surface area contributed by atoms with E-state index in [1.165, 1.54) is 10.9 Å². The van der Waals surface area contributed by atoms with Gasteiger partial charge in [0.05, 0.1) is 18.5 Å². The summed E-state index contributed by atoms with van der Waals surface area (Å²) in [6, 6.07) is 17.4. The molecule has 0 atom stereocenters. The molecular formula is C18H17N3O3. The van der Waals surface area contributed by atoms with Crippen molar-refractivity contribution in [2.75, 3.05) is 6.61 Å². The Kier molecular flexibility index (Phi) is 4.86. The molecule has 0 radical (unpaired) electrons. The summed E-state index contributed by atoms with van der Waals surface area (Å²) < 4.78 is 12.2. The van der Waals surface area contributed by atoms with E-state index in [4.69, 9.17) is 9.47 Å². The standard InChI is InChI=1S/C18H17N3O3/c1-2-23-18(22)17-12-21(20-19-17)15-8-10-16(11-9-15)24-13-14-6-4-3-5-7-14/h3-12H,2,13H2,1H3. The second-order valence-electron chi connectivity index (χ2n) is 5.04. The molecule has 0 bridgehead atoms. The fourth-order valence-electron chi connectivity index (χ4n) is 2.12. The second kappa shape index (κ2) is 7.41. The number of nitrogens with zero attached hydrogens (tertiary/aromatic N) is 3. The number of esters is 1. The Morgan fingerprint density at radius 3 is 2.54 bits per heavy atom. The highest BCUT2D eigenvalue weighted by Gasteiger charge is 2.12. The van der Waals surface area contributed by atoms with Crippen LogP contribution in [0.15, 0.2) is 60.8 Å². The molecule has 0 N–H and O–H groups in total. The van der Waals surface area contributed by atoms with Crippen molar-refractivity contribution >= 4 is 5.97 Å². The van der Waals surface area contributed by atoms with Crippen molar-refractivity contribution in [2.24, 2.45) is 0 Å². The van der Waals surface area contributed by atoms with Crippen LogP contribution in [0.5, 0.6) is 5.75 Å². The average Bonchev–Trinajstić information content (AvgIpc) is 3.12. The molecule has 1 aromatic heterocycles. The van der Waals surface area contributed by atoms with Crippen LogP contribution >= 0.6 is 0 Å². The van der Waals surface area contributed by atoms with Gasteiger partial charge in [0.1, 0.15) is 12.4 Å². The lowest BCUT2D eigenvalue weighted by molar-refractivity contribution is 0.0519. The van der Waals surface area contributed by atoms with Gasteiger partial charge in [0.2, 0.25) is 0 Å². The van der Waals surface area contributed by atoms with Crippen molar-refractivity contribution < 1.29 is 14.3 Å². The van der Waals surface area contributed by atoms with Gasteiger partial charge in [-0.15, -0.1) is 5.10 Å². The van der Waals surface area contributed by atoms with Gasteiger partial charge in [-0.1, -0.05) is 35.5 Å². The van der Waals surface area contributed by atoms with Gasteiger partial charge in [-0.05, 0) is 36.8 Å². The van der Waals surface area contributed by atoms with Crippen LogP contribution in [0.25, 0.3) is 5.69 Å². The van der Waals surface area contributed by atoms with Crippen LogP contribution in [0.4, 0.5) is 0 Å². The summed E-state index contributed by atoms with van der Waals surface area (Å²) in [5.41, 5.74) is 2.07. The maximum Gasteiger partial charge on any atom is 0.360 e. The van der Waals surface area contributed by atoms with Crippen LogP contribution in [0.2, 0.25) is 0 Å². The van der Waals surface area contributed by atoms with Crippen molar-refractivity contribution in [2.45, 2.75) is 13.5 Å². The van der Waals surface area contributed by atoms with E-state index < -0.39 is 5.97 Å². The van der Waals surface area contributed by atoms with E-state index in [9.17, 15) is 4.79 Å². The molecular weight excluding hydrogens is 306 g/mol. The zero-order valence-electron chi connectivity index (χ0n) is 13.3. The number of hydrogen-bond donors (Lipinski definition) is 0. The smallest absolute Gasteiger partial charge is 0.360 e. The summed E-state index contributed by atoms with van der Waals surface area (Å²) in [7, 11) is 0. The SMILES string of the molecule is CCOC(=O)c1cn(-c2ccc(OCc3ccccc3)cc2)nn1. The van der Waals surface area contributed by atoms with Crippen LogP contribution in [0, 0.1) is 0 Å². The highest BCUT2D eigenvalue weighted by Crippen LogP contribution is 2.16. The minimum atomic E-state index is -0.480. The van der Waals surface area contributed by atoms with Gasteiger partial charge in [0.25, 0.3) is 0 Å². The molecule has 0 aliphatic rings. The van der Waals surface area contributed by atoms with Crippen molar-refractivity contribution in [1.82, 2.24) is 15.0 Å². The molecule has 0 fully saturated rings. The van der Waals surface area contributed by atoms with E-state index in [1.807, 2.05) is 54.6 Å². The molecule has 0 spiro atoms. The summed E-state index contributed by atoms with van der Waals surface area (Å²) in [5.74, 6) is 0.278. The number of rotatable bonds is 6. The molecule has 6 nitrogen and oxygen atoms in total. The fourth-order valence-corrected chi connectivity index (χ4v) is 2.12. The maximum atomic E-state index is 11.6. The largest absolute Gasteiger partial charge is 0.489 e. The topological polar surface area (TPSA) is 66.2 Å². The van der Waals surface area contributed by atoms with Crippen LogP contribution in [0.3, 0.4) is 0 Å². The Labute approximate surface area is 139 Å². The third-order valence-corrected chi connectivity index (χ3v) is 3.33. The summed E-state index contributed by atoms with van der Waals surface area (Å²) in [6.07, 6.45) is 1.54. The highest BCUT2D eigenvalue weighted by atomic mass is 16.5. The number of carbonyl (C=O) groups excluding carboxylic acids is 1. The lowest BCUT2D eigenvalue weighted by atomic mass is 10.2. The number of aromatic nitrogens is 3. The summed E-state index contributed by atoms with van der Waals surface area (Å²) in [6.45, 7) is 2.56. The first-order valence-corrected chi connectivity index (χ1v) is 7.63. The number of benzene rings is 2. The van der Waals surface area contributed by atoms with Gasteiger partial charge in [0.15, 0.2) is 5.69 Å². The fraction of sp³-hybridized carbons (Fsp3) is 0.167. The minimum Gasteiger partial charge on any atom is -0.489 e. The molecule has 0 aliphatic heterocycles. The first kappa shape index (κ1) is 15.7. The average molecular weight is 323 g/mol. The maximum absolute atomic E-state index is 11.6. The van der Waals surface area contributed by atoms with Gasteiger partial charge >= 0.3 is 5.97 Å². The molecule has 24 heavy (non-hydrogen) atoms. The molecule has 122 valence electrons. The van der Waals surface area contributed by atoms with E-state index in [0.717, 1.165) is 17.0 Å². The Morgan fingerprint density at radius 1 is 1.08 bits per heavy atom. The normalized spacial score (nSPS) is 10.4. The molecule has 1 heterocycles. The molecule has 0 amide bonds. The van der Waals surface area contributed by atoms with Crippen LogP contribution < -0.4 is 4.74 Å². The van der Waals surface area contributed by atoms with Crippen molar-refractivity contribution in [3.05, 3.63) is 72.1 Å². The lowest BCUT2D eigenvalue weighted by Crippen LogP contribution is -2.04. The van der Waals surface area contributed by atoms with Crippen LogP contribution in [0.1, 0.15) is 23.0 Å². The number of carbonyl (C=O) groups is 1. The molecule has 0 saturated carbocycles. The monoisotopic (exact) mass is 323 g/mol. The van der Waals surface area contributed by atoms with Crippen molar-refractivity contribution in [3.63, 3.8) is 0 Å². The van der Waals surface area contributed by atoms with E-state index in [-0.39, 0.29) is 5.69 Å². The Hall–Kier alpha value is -3.15. The summed E-state index contributed by atoms with van der Waals surface area (Å²) in [4.78, 5) is 11.6. The van der Waals surface area contributed by atoms with Gasteiger partial charge in [-0.2, -0.15) is 0 Å². The Bertz CT molecular complexity index is 798. The van der Waals surface area contributed by atoms with Gasteiger partial charge < -0.3 is 9.47 Å². The third-order valence-electron chi connectivity index (χ3n) is 3.33. The lowest BCUT2D eigenvalue weighted by Gasteiger charge is -2.07. The molecule has 6 heteroatoms. The molecule has 2 aromatic carbocycles. The zero-order valence-corrected chi connectivity index (χ0v) is 13.3. The second-order valence-corrected chi connectivity index (χ2v) is 5.04. The minimum absolute atomic E-state index is 0.182. The molecule has 3 rings (SSSR count). The van der Waals surface area contributed by atoms with Crippen LogP contribution in [-0.4, -0.2) is 27.6 Å².